The number of hydrogen-bond donors (Lipinski definition) is 1. The number of nitrogens with zero attached hydrogens (tertiary/aromatic N) is 1. The van der Waals surface area contributed by atoms with Crippen LogP contribution in [0.2, 0.25) is 5.02 Å². The smallest absolute Gasteiger partial charge is 0.267 e. The average molecular weight is 363 g/mol. The van der Waals surface area contributed by atoms with Gasteiger partial charge in [0.15, 0.2) is 0 Å². The van der Waals surface area contributed by atoms with Crippen LogP contribution in [-0.2, 0) is 12.8 Å². The highest BCUT2D eigenvalue weighted by Crippen LogP contribution is 2.13. The minimum absolute atomic E-state index is 0.209. The van der Waals surface area contributed by atoms with Crippen LogP contribution in [0.25, 0.3) is 0 Å². The third-order valence-electron chi connectivity index (χ3n) is 4.04. The maximum absolute atomic E-state index is 12.5. The number of amides is 1. The maximum atomic E-state index is 12.5. The number of carbonyl (C=O) groups is 1. The number of rotatable bonds is 6. The molecule has 3 nitrogen and oxygen atoms in total. The highest BCUT2D eigenvalue weighted by atomic mass is 35.5. The molecule has 3 rings (SSSR count). The highest BCUT2D eigenvalue weighted by molar-refractivity contribution is 6.30. The summed E-state index contributed by atoms with van der Waals surface area (Å²) in [4.78, 5) is 12.5. The van der Waals surface area contributed by atoms with E-state index in [1.807, 2.05) is 54.6 Å². The molecule has 0 aromatic heterocycles. The van der Waals surface area contributed by atoms with Crippen molar-refractivity contribution >= 4 is 23.7 Å². The van der Waals surface area contributed by atoms with Gasteiger partial charge in [0.05, 0.1) is 6.21 Å². The predicted molar refractivity (Wildman–Crippen MR) is 107 cm³/mol. The molecule has 0 aliphatic rings. The first-order valence-electron chi connectivity index (χ1n) is 8.43. The Bertz CT molecular complexity index is 890. The van der Waals surface area contributed by atoms with Gasteiger partial charge >= 0.3 is 0 Å². The lowest BCUT2D eigenvalue weighted by Crippen LogP contribution is -2.19. The Hall–Kier alpha value is -2.91. The van der Waals surface area contributed by atoms with E-state index >= 15 is 0 Å². The first-order valence-corrected chi connectivity index (χ1v) is 8.81. The lowest BCUT2D eigenvalue weighted by atomic mass is 9.99. The Balaban J connectivity index is 1.64. The lowest BCUT2D eigenvalue weighted by molar-refractivity contribution is 0.0954. The Morgan fingerprint density at radius 3 is 2.35 bits per heavy atom. The minimum atomic E-state index is -0.209. The average Bonchev–Trinajstić information content (AvgIpc) is 2.69. The van der Waals surface area contributed by atoms with Crippen LogP contribution >= 0.6 is 11.6 Å². The van der Waals surface area contributed by atoms with Crippen molar-refractivity contribution in [3.05, 3.63) is 106 Å². The van der Waals surface area contributed by atoms with Crippen LogP contribution in [0.4, 0.5) is 0 Å². The van der Waals surface area contributed by atoms with E-state index in [1.165, 1.54) is 5.56 Å². The third-order valence-corrected chi connectivity index (χ3v) is 4.29. The molecule has 0 heterocycles. The van der Waals surface area contributed by atoms with E-state index in [1.54, 1.807) is 18.3 Å². The van der Waals surface area contributed by atoms with Gasteiger partial charge in [-0.25, -0.2) is 5.43 Å². The van der Waals surface area contributed by atoms with E-state index in [0.29, 0.717) is 10.6 Å². The molecule has 0 aliphatic carbocycles. The highest BCUT2D eigenvalue weighted by Gasteiger charge is 2.10. The van der Waals surface area contributed by atoms with Crippen molar-refractivity contribution in [1.29, 1.82) is 0 Å². The van der Waals surface area contributed by atoms with Gasteiger partial charge in [-0.2, -0.15) is 5.10 Å². The van der Waals surface area contributed by atoms with Crippen LogP contribution in [0.3, 0.4) is 0 Å². The molecule has 3 aromatic carbocycles. The Morgan fingerprint density at radius 1 is 0.885 bits per heavy atom. The molecule has 0 radical (unpaired) electrons. The summed E-state index contributed by atoms with van der Waals surface area (Å²) >= 11 is 5.85. The van der Waals surface area contributed by atoms with Crippen molar-refractivity contribution in [2.45, 2.75) is 12.8 Å². The normalized spacial score (nSPS) is 10.8. The summed E-state index contributed by atoms with van der Waals surface area (Å²) in [6, 6.07) is 25.1. The first-order chi connectivity index (χ1) is 12.7. The molecule has 0 fully saturated rings. The number of hydrogen-bond acceptors (Lipinski definition) is 2. The van der Waals surface area contributed by atoms with Gasteiger partial charge in [0.2, 0.25) is 0 Å². The van der Waals surface area contributed by atoms with Gasteiger partial charge in [-0.15, -0.1) is 0 Å². The summed E-state index contributed by atoms with van der Waals surface area (Å²) in [7, 11) is 0. The van der Waals surface area contributed by atoms with Crippen molar-refractivity contribution in [3.8, 4) is 0 Å². The van der Waals surface area contributed by atoms with Gasteiger partial charge in [-0.3, -0.25) is 4.79 Å². The van der Waals surface area contributed by atoms with Gasteiger partial charge in [-0.05, 0) is 47.7 Å². The molecule has 1 amide bonds. The number of nitrogens with one attached hydrogen (secondary N) is 1. The lowest BCUT2D eigenvalue weighted by Gasteiger charge is -2.08. The maximum Gasteiger partial charge on any atom is 0.271 e. The first kappa shape index (κ1) is 17.9. The molecule has 0 atom stereocenters. The molecular formula is C22H19ClN2O. The summed E-state index contributed by atoms with van der Waals surface area (Å²) in [6.45, 7) is 0. The zero-order chi connectivity index (χ0) is 18.2. The summed E-state index contributed by atoms with van der Waals surface area (Å²) < 4.78 is 0. The number of aryl methyl sites for hydroxylation is 2. The van der Waals surface area contributed by atoms with Crippen LogP contribution in [0.1, 0.15) is 27.0 Å². The van der Waals surface area contributed by atoms with Crippen molar-refractivity contribution in [1.82, 2.24) is 5.43 Å². The number of hydrazone groups is 1. The molecule has 130 valence electrons. The fourth-order valence-electron chi connectivity index (χ4n) is 2.66. The van der Waals surface area contributed by atoms with Gasteiger partial charge in [0.25, 0.3) is 5.91 Å². The molecule has 4 heteroatoms. The molecule has 0 saturated heterocycles. The number of carbonyl (C=O) groups excluding carboxylic acids is 1. The van der Waals surface area contributed by atoms with Crippen LogP contribution in [0, 0.1) is 0 Å². The van der Waals surface area contributed by atoms with Gasteiger partial charge in [-0.1, -0.05) is 72.3 Å². The molecule has 0 unspecified atom stereocenters. The molecule has 3 aromatic rings. The number of halogens is 1. The molecular weight excluding hydrogens is 344 g/mol. The number of benzene rings is 3. The second kappa shape index (κ2) is 8.97. The second-order valence-electron chi connectivity index (χ2n) is 5.89. The molecule has 0 spiro atoms. The Morgan fingerprint density at radius 2 is 1.58 bits per heavy atom. The van der Waals surface area contributed by atoms with Gasteiger partial charge < -0.3 is 0 Å². The molecule has 0 aliphatic heterocycles. The second-order valence-corrected chi connectivity index (χ2v) is 6.33. The third kappa shape index (κ3) is 5.04. The quantitative estimate of drug-likeness (QED) is 0.492. The molecule has 1 N–H and O–H groups in total. The van der Waals surface area contributed by atoms with Gasteiger partial charge in [0, 0.05) is 10.6 Å². The molecule has 0 saturated carbocycles. The fraction of sp³-hybridized carbons (Fsp3) is 0.0909. The largest absolute Gasteiger partial charge is 0.271 e. The zero-order valence-corrected chi connectivity index (χ0v) is 15.0. The van der Waals surface area contributed by atoms with Crippen molar-refractivity contribution < 1.29 is 4.79 Å². The van der Waals surface area contributed by atoms with E-state index in [2.05, 4.69) is 22.7 Å². The van der Waals surface area contributed by atoms with E-state index in [4.69, 9.17) is 11.6 Å². The molecule has 26 heavy (non-hydrogen) atoms. The van der Waals surface area contributed by atoms with Crippen LogP contribution < -0.4 is 5.43 Å². The van der Waals surface area contributed by atoms with Crippen molar-refractivity contribution in [2.75, 3.05) is 0 Å². The Kier molecular flexibility index (Phi) is 6.18. The predicted octanol–water partition coefficient (Wildman–Crippen LogP) is 4.89. The standard InChI is InChI=1S/C22H19ClN2O/c23-20-14-11-18(12-15-20)16-24-25-22(26)21-9-5-4-8-19(21)13-10-17-6-2-1-3-7-17/h1-9,11-12,14-16H,10,13H2,(H,25,26)/b24-16+. The summed E-state index contributed by atoms with van der Waals surface area (Å²) in [6.07, 6.45) is 3.29. The topological polar surface area (TPSA) is 41.5 Å². The summed E-state index contributed by atoms with van der Waals surface area (Å²) in [5, 5.41) is 4.70. The van der Waals surface area contributed by atoms with E-state index in [9.17, 15) is 4.79 Å². The van der Waals surface area contributed by atoms with E-state index in [0.717, 1.165) is 24.0 Å². The van der Waals surface area contributed by atoms with E-state index in [-0.39, 0.29) is 5.91 Å². The van der Waals surface area contributed by atoms with Gasteiger partial charge in [0.1, 0.15) is 0 Å². The monoisotopic (exact) mass is 362 g/mol. The van der Waals surface area contributed by atoms with Crippen LogP contribution in [-0.4, -0.2) is 12.1 Å². The SMILES string of the molecule is O=C(N/N=C/c1ccc(Cl)cc1)c1ccccc1CCc1ccccc1. The van der Waals surface area contributed by atoms with Crippen molar-refractivity contribution in [3.63, 3.8) is 0 Å². The summed E-state index contributed by atoms with van der Waals surface area (Å²) in [5.74, 6) is -0.209. The minimum Gasteiger partial charge on any atom is -0.267 e. The van der Waals surface area contributed by atoms with Crippen molar-refractivity contribution in [2.24, 2.45) is 5.10 Å². The van der Waals surface area contributed by atoms with Crippen LogP contribution in [0.15, 0.2) is 84.0 Å². The van der Waals surface area contributed by atoms with E-state index < -0.39 is 0 Å². The summed E-state index contributed by atoms with van der Waals surface area (Å²) in [5.41, 5.74) is 6.38. The Labute approximate surface area is 158 Å². The van der Waals surface area contributed by atoms with Crippen LogP contribution in [0.5, 0.6) is 0 Å². The fourth-order valence-corrected chi connectivity index (χ4v) is 2.78. The zero-order valence-electron chi connectivity index (χ0n) is 14.2. The molecule has 0 bridgehead atoms.